The van der Waals surface area contributed by atoms with Crippen molar-refractivity contribution in [1.29, 1.82) is 0 Å². The first kappa shape index (κ1) is 17.8. The van der Waals surface area contributed by atoms with E-state index in [0.717, 1.165) is 0 Å². The first-order valence-electron chi connectivity index (χ1n) is 7.64. The molecule has 0 radical (unpaired) electrons. The van der Waals surface area contributed by atoms with Crippen molar-refractivity contribution in [2.24, 2.45) is 0 Å². The molecule has 3 rings (SSSR count). The van der Waals surface area contributed by atoms with Crippen LogP contribution >= 0.6 is 11.6 Å². The van der Waals surface area contributed by atoms with Crippen LogP contribution in [0.3, 0.4) is 0 Å². The molecule has 0 saturated heterocycles. The molecule has 1 unspecified atom stereocenters. The monoisotopic (exact) mass is 372 g/mol. The van der Waals surface area contributed by atoms with Gasteiger partial charge in [-0.2, -0.15) is 13.2 Å². The lowest BCUT2D eigenvalue weighted by Crippen LogP contribution is -2.50. The van der Waals surface area contributed by atoms with E-state index < -0.39 is 29.9 Å². The molecule has 1 aliphatic rings. The second-order valence-electron chi connectivity index (χ2n) is 6.17. The highest BCUT2D eigenvalue weighted by molar-refractivity contribution is 6.30. The molecule has 0 aliphatic carbocycles. The number of halogens is 4. The van der Waals surface area contributed by atoms with Gasteiger partial charge in [-0.3, -0.25) is 4.79 Å². The Morgan fingerprint density at radius 1 is 1.24 bits per heavy atom. The summed E-state index contributed by atoms with van der Waals surface area (Å²) in [5.41, 5.74) is -3.33. The molecular weight excluding hydrogens is 357 g/mol. The highest BCUT2D eigenvalue weighted by Crippen LogP contribution is 2.54. The molecule has 2 N–H and O–H groups in total. The number of H-pyrrole nitrogens is 1. The summed E-state index contributed by atoms with van der Waals surface area (Å²) in [6, 6.07) is 5.43. The van der Waals surface area contributed by atoms with Crippen molar-refractivity contribution in [3.05, 3.63) is 57.0 Å². The molecule has 2 aromatic rings. The van der Waals surface area contributed by atoms with E-state index in [1.165, 1.54) is 30.5 Å². The van der Waals surface area contributed by atoms with Crippen LogP contribution in [0.1, 0.15) is 25.0 Å². The maximum atomic E-state index is 14.4. The number of rotatable bonds is 3. The van der Waals surface area contributed by atoms with E-state index in [0.29, 0.717) is 0 Å². The van der Waals surface area contributed by atoms with Gasteiger partial charge in [-0.05, 0) is 43.7 Å². The Kier molecular flexibility index (Phi) is 4.33. The predicted octanol–water partition coefficient (Wildman–Crippen LogP) is 4.36. The maximum absolute atomic E-state index is 14.4. The normalized spacial score (nSPS) is 19.3. The number of ether oxygens (including phenoxy) is 1. The summed E-state index contributed by atoms with van der Waals surface area (Å²) in [7, 11) is 0. The highest BCUT2D eigenvalue weighted by Gasteiger charge is 2.61. The highest BCUT2D eigenvalue weighted by atomic mass is 35.5. The van der Waals surface area contributed by atoms with Crippen LogP contribution in [-0.4, -0.2) is 23.9 Å². The summed E-state index contributed by atoms with van der Waals surface area (Å²) in [5.74, 6) is 0. The van der Waals surface area contributed by atoms with Gasteiger partial charge in [-0.1, -0.05) is 11.6 Å². The summed E-state index contributed by atoms with van der Waals surface area (Å²) in [4.78, 5) is 14.5. The molecule has 25 heavy (non-hydrogen) atoms. The summed E-state index contributed by atoms with van der Waals surface area (Å²) >= 11 is 5.97. The molecule has 0 amide bonds. The number of nitrogens with one attached hydrogen (secondary N) is 2. The minimum Gasteiger partial charge on any atom is -0.377 e. The van der Waals surface area contributed by atoms with Crippen LogP contribution < -0.4 is 10.9 Å². The van der Waals surface area contributed by atoms with E-state index in [2.05, 4.69) is 10.3 Å². The predicted molar refractivity (Wildman–Crippen MR) is 89.7 cm³/mol. The van der Waals surface area contributed by atoms with Gasteiger partial charge in [0, 0.05) is 22.5 Å². The molecule has 4 nitrogen and oxygen atoms in total. The Labute approximate surface area is 147 Å². The second kappa shape index (κ2) is 6.07. The molecule has 0 saturated carbocycles. The molecule has 0 fully saturated rings. The van der Waals surface area contributed by atoms with E-state index in [9.17, 15) is 18.0 Å². The summed E-state index contributed by atoms with van der Waals surface area (Å²) in [5, 5.41) is 2.97. The van der Waals surface area contributed by atoms with Crippen molar-refractivity contribution in [2.75, 3.05) is 11.9 Å². The molecule has 1 aromatic heterocycles. The van der Waals surface area contributed by atoms with Crippen molar-refractivity contribution in [3.8, 4) is 0 Å². The fourth-order valence-corrected chi connectivity index (χ4v) is 3.22. The standard InChI is InChI=1S/C17H16ClF3N2O2/c1-9(2)25-8-16(17(19,20)21)11-5-6-22-15(24)14(11)23-13-4-3-10(18)7-12(13)16/h3-7,9,23H,8H2,1-2H3,(H,22,24). The molecule has 1 aromatic carbocycles. The molecule has 8 heteroatoms. The van der Waals surface area contributed by atoms with Crippen molar-refractivity contribution in [3.63, 3.8) is 0 Å². The lowest BCUT2D eigenvalue weighted by molar-refractivity contribution is -0.195. The van der Waals surface area contributed by atoms with Crippen LogP contribution in [0.25, 0.3) is 0 Å². The van der Waals surface area contributed by atoms with Crippen LogP contribution in [0.2, 0.25) is 5.02 Å². The lowest BCUT2D eigenvalue weighted by atomic mass is 9.71. The molecule has 0 spiro atoms. The lowest BCUT2D eigenvalue weighted by Gasteiger charge is -2.42. The van der Waals surface area contributed by atoms with Crippen LogP contribution in [0, 0.1) is 0 Å². The molecule has 1 atom stereocenters. The first-order chi connectivity index (χ1) is 11.7. The third-order valence-electron chi connectivity index (χ3n) is 4.24. The van der Waals surface area contributed by atoms with E-state index in [-0.39, 0.29) is 27.5 Å². The Morgan fingerprint density at radius 3 is 2.60 bits per heavy atom. The third kappa shape index (κ3) is 2.81. The molecule has 1 aliphatic heterocycles. The van der Waals surface area contributed by atoms with Crippen LogP contribution in [0.15, 0.2) is 35.3 Å². The average molecular weight is 373 g/mol. The number of aromatic nitrogens is 1. The average Bonchev–Trinajstić information content (AvgIpc) is 2.51. The Hall–Kier alpha value is -1.99. The minimum atomic E-state index is -4.70. The number of fused-ring (bicyclic) bond motifs is 2. The second-order valence-corrected chi connectivity index (χ2v) is 6.61. The van der Waals surface area contributed by atoms with Gasteiger partial charge in [0.05, 0.1) is 12.7 Å². The zero-order chi connectivity index (χ0) is 18.4. The van der Waals surface area contributed by atoms with Crippen LogP contribution in [0.5, 0.6) is 0 Å². The SMILES string of the molecule is CC(C)OCC1(C(F)(F)F)c2cc(Cl)ccc2Nc2c1cc[nH]c2=O. The Balaban J connectivity index is 2.37. The topological polar surface area (TPSA) is 54.1 Å². The summed E-state index contributed by atoms with van der Waals surface area (Å²) < 4.78 is 48.6. The van der Waals surface area contributed by atoms with Gasteiger partial charge in [0.15, 0.2) is 0 Å². The summed E-state index contributed by atoms with van der Waals surface area (Å²) in [6.07, 6.45) is -3.91. The quantitative estimate of drug-likeness (QED) is 0.841. The molecule has 2 heterocycles. The largest absolute Gasteiger partial charge is 0.404 e. The third-order valence-corrected chi connectivity index (χ3v) is 4.47. The molecule has 0 bridgehead atoms. The van der Waals surface area contributed by atoms with Crippen molar-refractivity contribution in [1.82, 2.24) is 4.98 Å². The van der Waals surface area contributed by atoms with Crippen molar-refractivity contribution < 1.29 is 17.9 Å². The molecule has 134 valence electrons. The van der Waals surface area contributed by atoms with Crippen LogP contribution in [0.4, 0.5) is 24.5 Å². The number of alkyl halides is 3. The van der Waals surface area contributed by atoms with E-state index >= 15 is 0 Å². The zero-order valence-corrected chi connectivity index (χ0v) is 14.3. The van der Waals surface area contributed by atoms with Crippen LogP contribution in [-0.2, 0) is 10.2 Å². The Bertz CT molecular complexity index is 864. The number of benzene rings is 1. The van der Waals surface area contributed by atoms with Crippen molar-refractivity contribution in [2.45, 2.75) is 31.5 Å². The maximum Gasteiger partial charge on any atom is 0.404 e. The van der Waals surface area contributed by atoms with E-state index in [1.807, 2.05) is 0 Å². The fourth-order valence-electron chi connectivity index (χ4n) is 3.05. The number of hydrogen-bond donors (Lipinski definition) is 2. The van der Waals surface area contributed by atoms with Gasteiger partial charge in [-0.25, -0.2) is 0 Å². The first-order valence-corrected chi connectivity index (χ1v) is 8.02. The molecular formula is C17H16ClF3N2O2. The Morgan fingerprint density at radius 2 is 1.96 bits per heavy atom. The van der Waals surface area contributed by atoms with Gasteiger partial charge < -0.3 is 15.0 Å². The van der Waals surface area contributed by atoms with Gasteiger partial charge >= 0.3 is 6.18 Å². The number of aromatic amines is 1. The zero-order valence-electron chi connectivity index (χ0n) is 13.5. The van der Waals surface area contributed by atoms with Crippen molar-refractivity contribution >= 4 is 23.0 Å². The number of pyridine rings is 1. The number of hydrogen-bond acceptors (Lipinski definition) is 3. The summed E-state index contributed by atoms with van der Waals surface area (Å²) in [6.45, 7) is 2.66. The minimum absolute atomic E-state index is 0.0637. The number of anilines is 2. The fraction of sp³-hybridized carbons (Fsp3) is 0.353. The van der Waals surface area contributed by atoms with Gasteiger partial charge in [-0.15, -0.1) is 0 Å². The van der Waals surface area contributed by atoms with E-state index in [4.69, 9.17) is 16.3 Å². The smallest absolute Gasteiger partial charge is 0.377 e. The van der Waals surface area contributed by atoms with Gasteiger partial charge in [0.2, 0.25) is 0 Å². The van der Waals surface area contributed by atoms with E-state index in [1.54, 1.807) is 13.8 Å². The van der Waals surface area contributed by atoms with Gasteiger partial charge in [0.1, 0.15) is 11.1 Å². The van der Waals surface area contributed by atoms with Gasteiger partial charge in [0.25, 0.3) is 5.56 Å².